The SMILES string of the molecule is NC(=O)c1ccccc1NC(=O)C1CC(c2cc(F)ccc2F)=NO1. The van der Waals surface area contributed by atoms with E-state index in [9.17, 15) is 18.4 Å². The normalized spacial score (nSPS) is 16.1. The summed E-state index contributed by atoms with van der Waals surface area (Å²) in [5.41, 5.74) is 5.69. The molecule has 0 saturated carbocycles. The molecule has 0 spiro atoms. The number of hydrogen-bond acceptors (Lipinski definition) is 4. The fraction of sp³-hybridized carbons (Fsp3) is 0.118. The van der Waals surface area contributed by atoms with Crippen molar-refractivity contribution in [1.29, 1.82) is 0 Å². The van der Waals surface area contributed by atoms with Crippen LogP contribution >= 0.6 is 0 Å². The van der Waals surface area contributed by atoms with Gasteiger partial charge in [0.25, 0.3) is 11.8 Å². The first-order valence-electron chi connectivity index (χ1n) is 7.33. The van der Waals surface area contributed by atoms with Crippen molar-refractivity contribution in [2.24, 2.45) is 10.9 Å². The summed E-state index contributed by atoms with van der Waals surface area (Å²) in [6.07, 6.45) is -1.07. The minimum atomic E-state index is -1.03. The van der Waals surface area contributed by atoms with Crippen LogP contribution in [0.25, 0.3) is 0 Å². The molecule has 25 heavy (non-hydrogen) atoms. The van der Waals surface area contributed by atoms with Gasteiger partial charge in [0.2, 0.25) is 6.10 Å². The summed E-state index contributed by atoms with van der Waals surface area (Å²) in [4.78, 5) is 28.7. The third-order valence-electron chi connectivity index (χ3n) is 3.65. The number of nitrogens with zero attached hydrogens (tertiary/aromatic N) is 1. The molecule has 0 aliphatic carbocycles. The third kappa shape index (κ3) is 3.47. The predicted octanol–water partition coefficient (Wildman–Crippen LogP) is 2.20. The van der Waals surface area contributed by atoms with Gasteiger partial charge >= 0.3 is 0 Å². The number of rotatable bonds is 4. The van der Waals surface area contributed by atoms with Gasteiger partial charge in [-0.15, -0.1) is 0 Å². The van der Waals surface area contributed by atoms with Gasteiger partial charge < -0.3 is 15.9 Å². The maximum absolute atomic E-state index is 13.8. The van der Waals surface area contributed by atoms with Gasteiger partial charge in [0.1, 0.15) is 11.6 Å². The Hall–Kier alpha value is -3.29. The van der Waals surface area contributed by atoms with Crippen molar-refractivity contribution in [3.05, 3.63) is 65.2 Å². The molecular weight excluding hydrogens is 332 g/mol. The highest BCUT2D eigenvalue weighted by Gasteiger charge is 2.30. The number of primary amides is 1. The smallest absolute Gasteiger partial charge is 0.268 e. The lowest BCUT2D eigenvalue weighted by molar-refractivity contribution is -0.125. The van der Waals surface area contributed by atoms with Gasteiger partial charge in [-0.05, 0) is 30.3 Å². The molecule has 128 valence electrons. The molecule has 0 radical (unpaired) electrons. The molecule has 0 fully saturated rings. The van der Waals surface area contributed by atoms with E-state index in [1.54, 1.807) is 12.1 Å². The summed E-state index contributed by atoms with van der Waals surface area (Å²) in [6, 6.07) is 9.17. The molecule has 2 aromatic carbocycles. The molecule has 1 heterocycles. The first kappa shape index (κ1) is 16.6. The van der Waals surface area contributed by atoms with Crippen LogP contribution in [0.2, 0.25) is 0 Å². The Kier molecular flexibility index (Phi) is 4.42. The van der Waals surface area contributed by atoms with E-state index in [-0.39, 0.29) is 28.9 Å². The molecule has 1 atom stereocenters. The summed E-state index contributed by atoms with van der Waals surface area (Å²) < 4.78 is 27.1. The Bertz CT molecular complexity index is 883. The highest BCUT2D eigenvalue weighted by molar-refractivity contribution is 6.08. The molecule has 0 aromatic heterocycles. The van der Waals surface area contributed by atoms with Crippen molar-refractivity contribution in [3.8, 4) is 0 Å². The molecule has 6 nitrogen and oxygen atoms in total. The second kappa shape index (κ2) is 6.68. The molecule has 8 heteroatoms. The lowest BCUT2D eigenvalue weighted by Gasteiger charge is -2.11. The van der Waals surface area contributed by atoms with E-state index in [1.165, 1.54) is 12.1 Å². The Morgan fingerprint density at radius 2 is 1.96 bits per heavy atom. The van der Waals surface area contributed by atoms with Crippen LogP contribution in [0.5, 0.6) is 0 Å². The molecule has 2 amide bonds. The van der Waals surface area contributed by atoms with Crippen LogP contribution in [0.1, 0.15) is 22.3 Å². The number of hydrogen-bond donors (Lipinski definition) is 2. The van der Waals surface area contributed by atoms with Crippen LogP contribution in [0, 0.1) is 11.6 Å². The van der Waals surface area contributed by atoms with Gasteiger partial charge in [-0.2, -0.15) is 0 Å². The Morgan fingerprint density at radius 1 is 1.20 bits per heavy atom. The molecule has 1 aliphatic heterocycles. The highest BCUT2D eigenvalue weighted by atomic mass is 19.1. The lowest BCUT2D eigenvalue weighted by atomic mass is 10.0. The van der Waals surface area contributed by atoms with E-state index in [4.69, 9.17) is 10.6 Å². The van der Waals surface area contributed by atoms with Gasteiger partial charge in [-0.3, -0.25) is 9.59 Å². The van der Waals surface area contributed by atoms with Gasteiger partial charge in [0.15, 0.2) is 0 Å². The number of para-hydroxylation sites is 1. The molecule has 2 aromatic rings. The van der Waals surface area contributed by atoms with Crippen molar-refractivity contribution in [1.82, 2.24) is 0 Å². The first-order valence-corrected chi connectivity index (χ1v) is 7.33. The number of carbonyl (C=O) groups excluding carboxylic acids is 2. The van der Waals surface area contributed by atoms with Crippen molar-refractivity contribution in [2.45, 2.75) is 12.5 Å². The molecule has 1 aliphatic rings. The van der Waals surface area contributed by atoms with Gasteiger partial charge in [0, 0.05) is 12.0 Å². The van der Waals surface area contributed by atoms with E-state index in [1.807, 2.05) is 0 Å². The van der Waals surface area contributed by atoms with Crippen LogP contribution in [-0.2, 0) is 9.63 Å². The minimum Gasteiger partial charge on any atom is -0.382 e. The molecular formula is C17H13F2N3O3. The van der Waals surface area contributed by atoms with Crippen molar-refractivity contribution in [2.75, 3.05) is 5.32 Å². The number of amides is 2. The van der Waals surface area contributed by atoms with E-state index in [0.717, 1.165) is 18.2 Å². The maximum atomic E-state index is 13.8. The van der Waals surface area contributed by atoms with Gasteiger partial charge in [-0.25, -0.2) is 8.78 Å². The number of nitrogens with one attached hydrogen (secondary N) is 1. The van der Waals surface area contributed by atoms with Crippen molar-refractivity contribution in [3.63, 3.8) is 0 Å². The number of anilines is 1. The van der Waals surface area contributed by atoms with E-state index in [0.29, 0.717) is 0 Å². The first-order chi connectivity index (χ1) is 12.0. The molecule has 0 bridgehead atoms. The van der Waals surface area contributed by atoms with Crippen molar-refractivity contribution >= 4 is 23.2 Å². The van der Waals surface area contributed by atoms with E-state index < -0.39 is 29.6 Å². The number of nitrogens with two attached hydrogens (primary N) is 1. The number of benzene rings is 2. The maximum Gasteiger partial charge on any atom is 0.268 e. The summed E-state index contributed by atoms with van der Waals surface area (Å²) in [5, 5.41) is 6.19. The summed E-state index contributed by atoms with van der Waals surface area (Å²) in [5.74, 6) is -2.56. The predicted molar refractivity (Wildman–Crippen MR) is 86.0 cm³/mol. The van der Waals surface area contributed by atoms with Crippen LogP contribution in [0.15, 0.2) is 47.6 Å². The zero-order chi connectivity index (χ0) is 18.0. The van der Waals surface area contributed by atoms with Crippen LogP contribution < -0.4 is 11.1 Å². The monoisotopic (exact) mass is 345 g/mol. The number of halogens is 2. The average Bonchev–Trinajstić information content (AvgIpc) is 3.07. The number of carbonyl (C=O) groups is 2. The fourth-order valence-corrected chi connectivity index (χ4v) is 2.42. The summed E-state index contributed by atoms with van der Waals surface area (Å²) in [7, 11) is 0. The highest BCUT2D eigenvalue weighted by Crippen LogP contribution is 2.22. The van der Waals surface area contributed by atoms with Crippen LogP contribution in [0.4, 0.5) is 14.5 Å². The topological polar surface area (TPSA) is 93.8 Å². The molecule has 3 N–H and O–H groups in total. The largest absolute Gasteiger partial charge is 0.382 e. The van der Waals surface area contributed by atoms with Crippen LogP contribution in [0.3, 0.4) is 0 Å². The third-order valence-corrected chi connectivity index (χ3v) is 3.65. The average molecular weight is 345 g/mol. The quantitative estimate of drug-likeness (QED) is 0.889. The second-order valence-corrected chi connectivity index (χ2v) is 5.36. The van der Waals surface area contributed by atoms with Crippen LogP contribution in [-0.4, -0.2) is 23.6 Å². The van der Waals surface area contributed by atoms with Gasteiger partial charge in [0.05, 0.1) is 17.0 Å². The summed E-state index contributed by atoms with van der Waals surface area (Å²) in [6.45, 7) is 0. The Balaban J connectivity index is 1.72. The second-order valence-electron chi connectivity index (χ2n) is 5.36. The van der Waals surface area contributed by atoms with E-state index >= 15 is 0 Å². The molecule has 0 saturated heterocycles. The summed E-state index contributed by atoms with van der Waals surface area (Å²) >= 11 is 0. The Labute approximate surface area is 141 Å². The molecule has 1 unspecified atom stereocenters. The van der Waals surface area contributed by atoms with Gasteiger partial charge in [-0.1, -0.05) is 17.3 Å². The Morgan fingerprint density at radius 3 is 2.72 bits per heavy atom. The zero-order valence-electron chi connectivity index (χ0n) is 12.8. The number of oxime groups is 1. The fourth-order valence-electron chi connectivity index (χ4n) is 2.42. The standard InChI is InChI=1S/C17H13F2N3O3/c18-9-5-6-12(19)11(7-9)14-8-15(25-22-14)17(24)21-13-4-2-1-3-10(13)16(20)23/h1-7,15H,8H2,(H2,20,23)(H,21,24). The van der Waals surface area contributed by atoms with Crippen molar-refractivity contribution < 1.29 is 23.2 Å². The lowest BCUT2D eigenvalue weighted by Crippen LogP contribution is -2.29. The van der Waals surface area contributed by atoms with E-state index in [2.05, 4.69) is 10.5 Å². The zero-order valence-corrected chi connectivity index (χ0v) is 12.8. The minimum absolute atomic E-state index is 0.0368. The molecule has 3 rings (SSSR count).